The number of urea groups is 1. The maximum Gasteiger partial charge on any atom is 0.331 e. The lowest BCUT2D eigenvalue weighted by Crippen LogP contribution is -2.48. The second-order valence-electron chi connectivity index (χ2n) is 10.5. The monoisotopic (exact) mass is 539 g/mol. The first kappa shape index (κ1) is 24.1. The van der Waals surface area contributed by atoms with Crippen LogP contribution in [0.25, 0.3) is 10.2 Å². The molecule has 2 fully saturated rings. The van der Waals surface area contributed by atoms with Crippen molar-refractivity contribution < 1.29 is 14.3 Å². The van der Waals surface area contributed by atoms with Gasteiger partial charge < -0.3 is 15.4 Å². The standard InChI is InChI=1S/C30H29N5O3S/c1-18-16-22(38-21-7-3-2-4-8-21)11-12-23(18)35-24-13-14-31-29-25(24)26(33-30(35)37)27(39-29)28(36)32-19-6-5-15-34(17-19)20-9-10-20/h2-4,7-8,11-14,16,19-20H,5-6,9-10,15,17H2,1H3,(H,32,36)(H,33,37)/t19-/m1/s1. The van der Waals surface area contributed by atoms with Crippen LogP contribution in [0.4, 0.5) is 21.9 Å². The Morgan fingerprint density at radius 2 is 1.92 bits per heavy atom. The van der Waals surface area contributed by atoms with Crippen LogP contribution in [0, 0.1) is 6.92 Å². The Hall–Kier alpha value is -3.95. The molecule has 8 nitrogen and oxygen atoms in total. The van der Waals surface area contributed by atoms with Crippen molar-refractivity contribution in [1.82, 2.24) is 15.2 Å². The number of para-hydroxylation sites is 1. The third-order valence-corrected chi connectivity index (χ3v) is 8.79. The van der Waals surface area contributed by atoms with Gasteiger partial charge in [0.15, 0.2) is 0 Å². The number of nitrogens with zero attached hydrogens (tertiary/aromatic N) is 3. The summed E-state index contributed by atoms with van der Waals surface area (Å²) < 4.78 is 5.98. The molecule has 0 bridgehead atoms. The zero-order valence-electron chi connectivity index (χ0n) is 21.6. The lowest BCUT2D eigenvalue weighted by molar-refractivity contribution is 0.0905. The molecule has 198 valence electrons. The molecular formula is C30H29N5O3S. The van der Waals surface area contributed by atoms with Crippen molar-refractivity contribution in [2.75, 3.05) is 23.3 Å². The first-order chi connectivity index (χ1) is 19.0. The van der Waals surface area contributed by atoms with Gasteiger partial charge in [0.25, 0.3) is 5.91 Å². The van der Waals surface area contributed by atoms with Gasteiger partial charge in [-0.1, -0.05) is 18.2 Å². The summed E-state index contributed by atoms with van der Waals surface area (Å²) in [6, 6.07) is 17.6. The van der Waals surface area contributed by atoms with Crippen molar-refractivity contribution >= 4 is 50.6 Å². The van der Waals surface area contributed by atoms with Crippen LogP contribution in [-0.4, -0.2) is 47.0 Å². The molecule has 2 aliphatic heterocycles. The van der Waals surface area contributed by atoms with E-state index in [0.717, 1.165) is 53.1 Å². The van der Waals surface area contributed by atoms with Crippen LogP contribution in [0.2, 0.25) is 0 Å². The van der Waals surface area contributed by atoms with E-state index in [-0.39, 0.29) is 18.0 Å². The van der Waals surface area contributed by atoms with Crippen LogP contribution in [0.5, 0.6) is 11.5 Å². The minimum atomic E-state index is -0.306. The van der Waals surface area contributed by atoms with E-state index in [2.05, 4.69) is 20.5 Å². The molecule has 0 radical (unpaired) electrons. The average Bonchev–Trinajstić information content (AvgIpc) is 3.73. The number of amides is 3. The molecule has 39 heavy (non-hydrogen) atoms. The Bertz CT molecular complexity index is 1580. The van der Waals surface area contributed by atoms with E-state index in [1.54, 1.807) is 11.1 Å². The Balaban J connectivity index is 1.18. The van der Waals surface area contributed by atoms with Crippen molar-refractivity contribution in [1.29, 1.82) is 0 Å². The Labute approximate surface area is 230 Å². The number of piperidine rings is 1. The zero-order chi connectivity index (χ0) is 26.5. The first-order valence-corrected chi connectivity index (χ1v) is 14.3. The number of benzene rings is 2. The molecule has 4 aromatic rings. The van der Waals surface area contributed by atoms with Gasteiger partial charge in [-0.25, -0.2) is 9.78 Å². The Morgan fingerprint density at radius 1 is 1.08 bits per heavy atom. The predicted molar refractivity (Wildman–Crippen MR) is 154 cm³/mol. The molecule has 3 amide bonds. The number of carbonyl (C=O) groups is 2. The van der Waals surface area contributed by atoms with E-state index < -0.39 is 0 Å². The van der Waals surface area contributed by atoms with Gasteiger partial charge in [-0.3, -0.25) is 14.6 Å². The molecule has 2 aromatic carbocycles. The normalized spacial score (nSPS) is 19.2. The zero-order valence-corrected chi connectivity index (χ0v) is 22.5. The highest BCUT2D eigenvalue weighted by molar-refractivity contribution is 7.21. The molecule has 2 aromatic heterocycles. The molecular weight excluding hydrogens is 510 g/mol. The lowest BCUT2D eigenvalue weighted by atomic mass is 10.1. The van der Waals surface area contributed by atoms with Gasteiger partial charge in [0, 0.05) is 24.8 Å². The summed E-state index contributed by atoms with van der Waals surface area (Å²) in [6.07, 6.45) is 6.29. The summed E-state index contributed by atoms with van der Waals surface area (Å²) in [4.78, 5) is 36.9. The van der Waals surface area contributed by atoms with Crippen molar-refractivity contribution in [3.05, 3.63) is 71.2 Å². The molecule has 9 heteroatoms. The number of hydrogen-bond donors (Lipinski definition) is 2. The van der Waals surface area contributed by atoms with Gasteiger partial charge in [-0.2, -0.15) is 0 Å². The van der Waals surface area contributed by atoms with E-state index in [4.69, 9.17) is 4.74 Å². The van der Waals surface area contributed by atoms with Crippen LogP contribution in [0.3, 0.4) is 0 Å². The lowest BCUT2D eigenvalue weighted by Gasteiger charge is -2.33. The Kier molecular flexibility index (Phi) is 5.97. The minimum absolute atomic E-state index is 0.117. The topological polar surface area (TPSA) is 86.8 Å². The fourth-order valence-electron chi connectivity index (χ4n) is 5.70. The van der Waals surface area contributed by atoms with Crippen LogP contribution < -0.4 is 20.3 Å². The van der Waals surface area contributed by atoms with Gasteiger partial charge in [-0.05, 0) is 81.1 Å². The van der Waals surface area contributed by atoms with Crippen molar-refractivity contribution in [2.45, 2.75) is 44.7 Å². The summed E-state index contributed by atoms with van der Waals surface area (Å²) in [5.74, 6) is 1.30. The molecule has 1 saturated heterocycles. The fourth-order valence-corrected chi connectivity index (χ4v) is 6.72. The van der Waals surface area contributed by atoms with E-state index in [1.165, 1.54) is 24.2 Å². The number of nitrogens with one attached hydrogen (secondary N) is 2. The van der Waals surface area contributed by atoms with Gasteiger partial charge in [0.2, 0.25) is 0 Å². The van der Waals surface area contributed by atoms with Crippen LogP contribution in [0.15, 0.2) is 60.8 Å². The Morgan fingerprint density at radius 3 is 2.72 bits per heavy atom. The summed E-state index contributed by atoms with van der Waals surface area (Å²) in [7, 11) is 0. The largest absolute Gasteiger partial charge is 0.457 e. The first-order valence-electron chi connectivity index (χ1n) is 13.5. The van der Waals surface area contributed by atoms with E-state index in [0.29, 0.717) is 28.0 Å². The number of aromatic nitrogens is 1. The third kappa shape index (κ3) is 4.51. The van der Waals surface area contributed by atoms with Gasteiger partial charge >= 0.3 is 6.03 Å². The molecule has 3 aliphatic rings. The molecule has 1 atom stereocenters. The number of rotatable bonds is 6. The second kappa shape index (κ2) is 9.66. The minimum Gasteiger partial charge on any atom is -0.457 e. The van der Waals surface area contributed by atoms with Crippen LogP contribution in [0.1, 0.15) is 40.9 Å². The summed E-state index contributed by atoms with van der Waals surface area (Å²) in [5.41, 5.74) is 2.89. The van der Waals surface area contributed by atoms with Gasteiger partial charge in [-0.15, -0.1) is 11.3 Å². The van der Waals surface area contributed by atoms with Crippen molar-refractivity contribution in [3.63, 3.8) is 0 Å². The number of likely N-dealkylation sites (tertiary alicyclic amines) is 1. The fraction of sp³-hybridized carbons (Fsp3) is 0.300. The molecule has 1 saturated carbocycles. The number of thiophene rings is 1. The maximum atomic E-state index is 13.5. The average molecular weight is 540 g/mol. The third-order valence-electron chi connectivity index (χ3n) is 7.69. The molecule has 4 heterocycles. The van der Waals surface area contributed by atoms with Crippen LogP contribution >= 0.6 is 11.3 Å². The maximum absolute atomic E-state index is 13.5. The predicted octanol–water partition coefficient (Wildman–Crippen LogP) is 6.44. The molecule has 7 rings (SSSR count). The number of pyridine rings is 1. The summed E-state index contributed by atoms with van der Waals surface area (Å²) in [6.45, 7) is 3.96. The highest BCUT2D eigenvalue weighted by Gasteiger charge is 2.36. The van der Waals surface area contributed by atoms with E-state index >= 15 is 0 Å². The molecule has 0 unspecified atom stereocenters. The number of aryl methyl sites for hydroxylation is 1. The highest BCUT2D eigenvalue weighted by Crippen LogP contribution is 2.46. The molecule has 2 N–H and O–H groups in total. The SMILES string of the molecule is Cc1cc(Oc2ccccc2)ccc1N1C(=O)Nc2c(C(=O)N[C@@H]3CCCN(C4CC4)C3)sc3nccc1c23. The van der Waals surface area contributed by atoms with E-state index in [1.807, 2.05) is 61.5 Å². The van der Waals surface area contributed by atoms with Crippen molar-refractivity contribution in [2.24, 2.45) is 0 Å². The quantitative estimate of drug-likeness (QED) is 0.295. The smallest absolute Gasteiger partial charge is 0.331 e. The molecule has 0 spiro atoms. The van der Waals surface area contributed by atoms with Crippen molar-refractivity contribution in [3.8, 4) is 11.5 Å². The van der Waals surface area contributed by atoms with Crippen LogP contribution in [-0.2, 0) is 0 Å². The molecule has 1 aliphatic carbocycles. The number of ether oxygens (including phenoxy) is 1. The number of carbonyl (C=O) groups excluding carboxylic acids is 2. The highest BCUT2D eigenvalue weighted by atomic mass is 32.1. The summed E-state index contributed by atoms with van der Waals surface area (Å²) in [5, 5.41) is 7.05. The van der Waals surface area contributed by atoms with Gasteiger partial charge in [0.05, 0.1) is 22.4 Å². The summed E-state index contributed by atoms with van der Waals surface area (Å²) >= 11 is 1.33. The number of anilines is 3. The number of hydrogen-bond acceptors (Lipinski definition) is 6. The van der Waals surface area contributed by atoms with Gasteiger partial charge in [0.1, 0.15) is 21.2 Å². The van der Waals surface area contributed by atoms with E-state index in [9.17, 15) is 9.59 Å². The second-order valence-corrected chi connectivity index (χ2v) is 11.5.